The number of nitrogens with zero attached hydrogens (tertiary/aromatic N) is 1. The highest BCUT2D eigenvalue weighted by molar-refractivity contribution is 6.35. The first kappa shape index (κ1) is 13.3. The number of aliphatic hydroxyl groups is 1. The number of ketones is 1. The minimum atomic E-state index is -0.170. The Balaban J connectivity index is 2.03. The van der Waals surface area contributed by atoms with Gasteiger partial charge in [-0.15, -0.1) is 0 Å². The maximum atomic E-state index is 12.4. The molecule has 1 N–H and O–H groups in total. The molecule has 1 aliphatic rings. The molecule has 3 heteroatoms. The van der Waals surface area contributed by atoms with Crippen LogP contribution >= 0.6 is 0 Å². The number of aliphatic hydroxyl groups excluding tert-OH is 1. The molecular weight excluding hydrogens is 262 g/mol. The molecule has 104 valence electrons. The van der Waals surface area contributed by atoms with Crippen LogP contribution in [0.1, 0.15) is 28.4 Å². The lowest BCUT2D eigenvalue weighted by Crippen LogP contribution is -2.07. The van der Waals surface area contributed by atoms with E-state index in [1.165, 1.54) is 0 Å². The minimum Gasteiger partial charge on any atom is -0.506 e. The second-order valence-electron chi connectivity index (χ2n) is 5.13. The van der Waals surface area contributed by atoms with E-state index in [4.69, 9.17) is 0 Å². The molecule has 3 rings (SSSR count). The molecule has 0 fully saturated rings. The molecule has 0 saturated carbocycles. The van der Waals surface area contributed by atoms with E-state index in [0.29, 0.717) is 16.8 Å². The van der Waals surface area contributed by atoms with Crippen molar-refractivity contribution in [3.05, 3.63) is 70.8 Å². The summed E-state index contributed by atoms with van der Waals surface area (Å²) < 4.78 is 0. The number of allylic oxidation sites excluding steroid dienone is 1. The summed E-state index contributed by atoms with van der Waals surface area (Å²) >= 11 is 0. The molecule has 0 unspecified atom stereocenters. The Morgan fingerprint density at radius 2 is 1.62 bits per heavy atom. The van der Waals surface area contributed by atoms with Gasteiger partial charge in [-0.05, 0) is 26.0 Å². The lowest BCUT2D eigenvalue weighted by Gasteiger charge is -2.02. The smallest absolute Gasteiger partial charge is 0.199 e. The molecule has 0 saturated heterocycles. The van der Waals surface area contributed by atoms with Crippen LogP contribution in [-0.4, -0.2) is 16.6 Å². The van der Waals surface area contributed by atoms with Crippen LogP contribution in [0.3, 0.4) is 0 Å². The van der Waals surface area contributed by atoms with Gasteiger partial charge >= 0.3 is 0 Å². The van der Waals surface area contributed by atoms with E-state index in [-0.39, 0.29) is 17.1 Å². The van der Waals surface area contributed by atoms with Crippen LogP contribution in [0, 0.1) is 6.92 Å². The maximum Gasteiger partial charge on any atom is 0.199 e. The van der Waals surface area contributed by atoms with Crippen LogP contribution in [0.5, 0.6) is 0 Å². The molecule has 3 nitrogen and oxygen atoms in total. The van der Waals surface area contributed by atoms with Crippen LogP contribution in [0.2, 0.25) is 0 Å². The second kappa shape index (κ2) is 5.02. The van der Waals surface area contributed by atoms with Crippen molar-refractivity contribution in [2.75, 3.05) is 0 Å². The van der Waals surface area contributed by atoms with Crippen LogP contribution in [0.15, 0.2) is 59.1 Å². The molecule has 0 aliphatic heterocycles. The van der Waals surface area contributed by atoms with Gasteiger partial charge in [-0.25, -0.2) is 0 Å². The van der Waals surface area contributed by atoms with Gasteiger partial charge < -0.3 is 5.11 Å². The largest absolute Gasteiger partial charge is 0.506 e. The van der Waals surface area contributed by atoms with Crippen molar-refractivity contribution in [2.24, 2.45) is 4.99 Å². The first-order valence-electron chi connectivity index (χ1n) is 6.77. The third kappa shape index (κ3) is 2.27. The number of aliphatic imine (C=N–C) groups is 1. The van der Waals surface area contributed by atoms with Gasteiger partial charge in [0.2, 0.25) is 0 Å². The number of carbonyl (C=O) groups is 1. The Kier molecular flexibility index (Phi) is 3.18. The van der Waals surface area contributed by atoms with E-state index in [1.54, 1.807) is 31.2 Å². The third-order valence-electron chi connectivity index (χ3n) is 3.58. The highest BCUT2D eigenvalue weighted by Crippen LogP contribution is 2.32. The number of rotatable bonds is 2. The number of aryl methyl sites for hydroxylation is 1. The summed E-state index contributed by atoms with van der Waals surface area (Å²) in [4.78, 5) is 16.8. The Labute approximate surface area is 123 Å². The number of hydrogen-bond donors (Lipinski definition) is 1. The van der Waals surface area contributed by atoms with Crippen LogP contribution in [0.4, 0.5) is 5.69 Å². The highest BCUT2D eigenvalue weighted by atomic mass is 16.3. The van der Waals surface area contributed by atoms with Gasteiger partial charge in [0.1, 0.15) is 5.76 Å². The number of hydrogen-bond acceptors (Lipinski definition) is 3. The fourth-order valence-corrected chi connectivity index (χ4v) is 2.47. The summed E-state index contributed by atoms with van der Waals surface area (Å²) in [5.74, 6) is -0.152. The summed E-state index contributed by atoms with van der Waals surface area (Å²) in [6.45, 7) is 3.75. The molecule has 0 atom stereocenters. The van der Waals surface area contributed by atoms with E-state index in [1.807, 2.05) is 31.2 Å². The van der Waals surface area contributed by atoms with Crippen LogP contribution in [-0.2, 0) is 0 Å². The fourth-order valence-electron chi connectivity index (χ4n) is 2.47. The van der Waals surface area contributed by atoms with E-state index in [9.17, 15) is 9.90 Å². The normalized spacial score (nSPS) is 14.6. The van der Waals surface area contributed by atoms with Crippen molar-refractivity contribution in [1.82, 2.24) is 0 Å². The molecule has 0 aromatic heterocycles. The van der Waals surface area contributed by atoms with Gasteiger partial charge in [0, 0.05) is 11.1 Å². The van der Waals surface area contributed by atoms with Gasteiger partial charge in [-0.3, -0.25) is 9.79 Å². The van der Waals surface area contributed by atoms with Gasteiger partial charge in [0.15, 0.2) is 5.78 Å². The number of fused-ring (bicyclic) bond motifs is 1. The molecule has 0 heterocycles. The number of benzene rings is 2. The average molecular weight is 277 g/mol. The molecule has 2 aromatic carbocycles. The monoisotopic (exact) mass is 277 g/mol. The Hall–Kier alpha value is -2.68. The second-order valence-corrected chi connectivity index (χ2v) is 5.13. The topological polar surface area (TPSA) is 49.7 Å². The first-order chi connectivity index (χ1) is 10.1. The Morgan fingerprint density at radius 1 is 1.00 bits per heavy atom. The van der Waals surface area contributed by atoms with E-state index >= 15 is 0 Å². The van der Waals surface area contributed by atoms with Crippen molar-refractivity contribution in [3.63, 3.8) is 0 Å². The van der Waals surface area contributed by atoms with E-state index in [0.717, 1.165) is 11.3 Å². The molecule has 2 aromatic rings. The summed E-state index contributed by atoms with van der Waals surface area (Å²) in [6, 6.07) is 14.8. The molecule has 0 bridgehead atoms. The molecule has 0 spiro atoms. The van der Waals surface area contributed by atoms with E-state index < -0.39 is 0 Å². The van der Waals surface area contributed by atoms with Crippen molar-refractivity contribution >= 4 is 22.9 Å². The number of carbonyl (C=O) groups excluding carboxylic acids is 1. The lowest BCUT2D eigenvalue weighted by atomic mass is 10.1. The molecule has 21 heavy (non-hydrogen) atoms. The van der Waals surface area contributed by atoms with Gasteiger partial charge in [-0.1, -0.05) is 42.0 Å². The van der Waals surface area contributed by atoms with Crippen LogP contribution < -0.4 is 0 Å². The predicted molar refractivity (Wildman–Crippen MR) is 84.3 cm³/mol. The first-order valence-corrected chi connectivity index (χ1v) is 6.77. The highest BCUT2D eigenvalue weighted by Gasteiger charge is 2.30. The number of Topliss-reactive ketones (excluding diaryl/α,β-unsaturated/α-hetero) is 1. The zero-order valence-electron chi connectivity index (χ0n) is 11.9. The van der Waals surface area contributed by atoms with Crippen molar-refractivity contribution in [3.8, 4) is 0 Å². The van der Waals surface area contributed by atoms with Crippen molar-refractivity contribution < 1.29 is 9.90 Å². The molecular formula is C18H15NO2. The van der Waals surface area contributed by atoms with E-state index in [2.05, 4.69) is 4.99 Å². The van der Waals surface area contributed by atoms with Gasteiger partial charge in [-0.2, -0.15) is 0 Å². The predicted octanol–water partition coefficient (Wildman–Crippen LogP) is 4.25. The Morgan fingerprint density at radius 3 is 2.24 bits per heavy atom. The standard InChI is InChI=1S/C18H15NO2/c1-11-7-9-13(10-8-11)19-12(2)16-17(20)14-5-3-4-6-15(14)18(16)21/h3-10,20H,1-2H3. The fraction of sp³-hybridized carbons (Fsp3) is 0.111. The maximum absolute atomic E-state index is 12.4. The molecule has 0 radical (unpaired) electrons. The SMILES string of the molecule is CC(=Nc1ccc(C)cc1)C1=C(O)c2ccccc2C1=O. The summed E-state index contributed by atoms with van der Waals surface area (Å²) in [7, 11) is 0. The zero-order chi connectivity index (χ0) is 15.0. The van der Waals surface area contributed by atoms with Crippen LogP contribution in [0.25, 0.3) is 5.76 Å². The average Bonchev–Trinajstić information content (AvgIpc) is 2.74. The summed E-state index contributed by atoms with van der Waals surface area (Å²) in [5.41, 5.74) is 3.84. The van der Waals surface area contributed by atoms with Crippen molar-refractivity contribution in [2.45, 2.75) is 13.8 Å². The van der Waals surface area contributed by atoms with Gasteiger partial charge in [0.25, 0.3) is 0 Å². The lowest BCUT2D eigenvalue weighted by molar-refractivity contribution is 0.104. The third-order valence-corrected chi connectivity index (χ3v) is 3.58. The van der Waals surface area contributed by atoms with Crippen molar-refractivity contribution in [1.29, 1.82) is 0 Å². The molecule has 0 amide bonds. The summed E-state index contributed by atoms with van der Waals surface area (Å²) in [5, 5.41) is 10.3. The molecule has 1 aliphatic carbocycles. The minimum absolute atomic E-state index is 0.0176. The summed E-state index contributed by atoms with van der Waals surface area (Å²) in [6.07, 6.45) is 0. The van der Waals surface area contributed by atoms with Gasteiger partial charge in [0.05, 0.1) is 17.0 Å². The quantitative estimate of drug-likeness (QED) is 0.834. The zero-order valence-corrected chi connectivity index (χ0v) is 11.9. The Bertz CT molecular complexity index is 783.